The van der Waals surface area contributed by atoms with Gasteiger partial charge in [-0.15, -0.1) is 0 Å². The molecular weight excluding hydrogens is 272 g/mol. The summed E-state index contributed by atoms with van der Waals surface area (Å²) in [6.07, 6.45) is 3.39. The highest BCUT2D eigenvalue weighted by Crippen LogP contribution is 2.29. The molecule has 0 spiro atoms. The molecule has 1 N–H and O–H groups in total. The minimum atomic E-state index is 0.0428. The molecule has 1 unspecified atom stereocenters. The molecule has 0 heterocycles. The topological polar surface area (TPSA) is 32.3 Å². The predicted molar refractivity (Wildman–Crippen MR) is 83.0 cm³/mol. The molecule has 20 heavy (non-hydrogen) atoms. The normalized spacial score (nSPS) is 15.8. The van der Waals surface area contributed by atoms with Crippen LogP contribution in [0.25, 0.3) is 0 Å². The van der Waals surface area contributed by atoms with Gasteiger partial charge in [-0.3, -0.25) is 0 Å². The van der Waals surface area contributed by atoms with E-state index in [1.165, 1.54) is 12.8 Å². The van der Waals surface area contributed by atoms with E-state index in [1.54, 1.807) is 0 Å². The number of carbonyl (C=O) groups is 1. The molecule has 0 radical (unpaired) electrons. The molecule has 110 valence electrons. The maximum atomic E-state index is 12.3. The largest absolute Gasteiger partial charge is 0.331 e. The molecule has 1 aliphatic rings. The van der Waals surface area contributed by atoms with Crippen LogP contribution in [0.5, 0.6) is 0 Å². The van der Waals surface area contributed by atoms with E-state index in [2.05, 4.69) is 12.2 Å². The molecule has 3 nitrogen and oxygen atoms in total. The van der Waals surface area contributed by atoms with E-state index in [1.807, 2.05) is 36.1 Å². The molecule has 1 saturated carbocycles. The first-order valence-corrected chi connectivity index (χ1v) is 7.82. The van der Waals surface area contributed by atoms with E-state index in [-0.39, 0.29) is 12.1 Å². The van der Waals surface area contributed by atoms with Gasteiger partial charge in [0.2, 0.25) is 0 Å². The third-order valence-electron chi connectivity index (χ3n) is 3.82. The number of rotatable bonds is 6. The van der Waals surface area contributed by atoms with Crippen LogP contribution in [-0.2, 0) is 0 Å². The van der Waals surface area contributed by atoms with Crippen LogP contribution in [0.1, 0.15) is 44.7 Å². The van der Waals surface area contributed by atoms with E-state index >= 15 is 0 Å². The van der Waals surface area contributed by atoms with Crippen LogP contribution in [0.2, 0.25) is 5.02 Å². The molecule has 1 aliphatic carbocycles. The SMILES string of the molecule is CCC(NC(=O)N(CC)CC1CC1)c1ccc(Cl)cc1. The Hall–Kier alpha value is -1.22. The average molecular weight is 295 g/mol. The molecule has 4 heteroatoms. The highest BCUT2D eigenvalue weighted by molar-refractivity contribution is 6.30. The van der Waals surface area contributed by atoms with Gasteiger partial charge in [0.05, 0.1) is 6.04 Å². The number of urea groups is 1. The second-order valence-electron chi connectivity index (χ2n) is 5.44. The summed E-state index contributed by atoms with van der Waals surface area (Å²) in [7, 11) is 0. The Morgan fingerprint density at radius 2 is 2.00 bits per heavy atom. The highest BCUT2D eigenvalue weighted by Gasteiger charge is 2.26. The summed E-state index contributed by atoms with van der Waals surface area (Å²) in [5, 5.41) is 3.85. The Balaban J connectivity index is 1.97. The molecular formula is C16H23ClN2O. The number of hydrogen-bond acceptors (Lipinski definition) is 1. The molecule has 2 rings (SSSR count). The van der Waals surface area contributed by atoms with Crippen LogP contribution in [0.4, 0.5) is 4.79 Å². The van der Waals surface area contributed by atoms with Gasteiger partial charge in [0.15, 0.2) is 0 Å². The highest BCUT2D eigenvalue weighted by atomic mass is 35.5. The summed E-state index contributed by atoms with van der Waals surface area (Å²) < 4.78 is 0. The number of nitrogens with zero attached hydrogens (tertiary/aromatic N) is 1. The maximum absolute atomic E-state index is 12.3. The Labute approximate surface area is 126 Å². The van der Waals surface area contributed by atoms with Crippen LogP contribution in [0.3, 0.4) is 0 Å². The van der Waals surface area contributed by atoms with Crippen molar-refractivity contribution >= 4 is 17.6 Å². The van der Waals surface area contributed by atoms with Crippen molar-refractivity contribution in [3.63, 3.8) is 0 Å². The zero-order valence-electron chi connectivity index (χ0n) is 12.2. The Kier molecular flexibility index (Phi) is 5.30. The van der Waals surface area contributed by atoms with Gasteiger partial charge < -0.3 is 10.2 Å². The van der Waals surface area contributed by atoms with E-state index in [0.717, 1.165) is 36.0 Å². The standard InChI is InChI=1S/C16H23ClN2O/c1-3-15(13-7-9-14(17)10-8-13)18-16(20)19(4-2)11-12-5-6-12/h7-10,12,15H,3-6,11H2,1-2H3,(H,18,20). The fourth-order valence-corrected chi connectivity index (χ4v) is 2.45. The summed E-state index contributed by atoms with van der Waals surface area (Å²) >= 11 is 5.91. The summed E-state index contributed by atoms with van der Waals surface area (Å²) in [5.41, 5.74) is 1.10. The van der Waals surface area contributed by atoms with Gasteiger partial charge in [-0.1, -0.05) is 30.7 Å². The lowest BCUT2D eigenvalue weighted by Crippen LogP contribution is -2.42. The summed E-state index contributed by atoms with van der Waals surface area (Å²) in [5.74, 6) is 0.719. The van der Waals surface area contributed by atoms with Gasteiger partial charge in [-0.25, -0.2) is 4.79 Å². The van der Waals surface area contributed by atoms with Crippen molar-refractivity contribution in [2.45, 2.75) is 39.2 Å². The van der Waals surface area contributed by atoms with Crippen molar-refractivity contribution in [1.29, 1.82) is 0 Å². The number of benzene rings is 1. The first kappa shape index (κ1) is 15.2. The second kappa shape index (κ2) is 6.98. The smallest absolute Gasteiger partial charge is 0.317 e. The predicted octanol–water partition coefficient (Wildman–Crippen LogP) is 4.23. The Bertz CT molecular complexity index is 442. The zero-order valence-corrected chi connectivity index (χ0v) is 13.0. The molecule has 1 aromatic carbocycles. The van der Waals surface area contributed by atoms with Gasteiger partial charge in [-0.05, 0) is 49.8 Å². The van der Waals surface area contributed by atoms with Gasteiger partial charge in [0, 0.05) is 18.1 Å². The molecule has 0 bridgehead atoms. The van der Waals surface area contributed by atoms with Crippen LogP contribution in [-0.4, -0.2) is 24.0 Å². The van der Waals surface area contributed by atoms with Crippen molar-refractivity contribution in [3.05, 3.63) is 34.9 Å². The fourth-order valence-electron chi connectivity index (χ4n) is 2.32. The van der Waals surface area contributed by atoms with E-state index in [9.17, 15) is 4.79 Å². The van der Waals surface area contributed by atoms with Crippen molar-refractivity contribution in [1.82, 2.24) is 10.2 Å². The molecule has 1 atom stereocenters. The van der Waals surface area contributed by atoms with Crippen LogP contribution >= 0.6 is 11.6 Å². The summed E-state index contributed by atoms with van der Waals surface area (Å²) in [6.45, 7) is 5.76. The van der Waals surface area contributed by atoms with Crippen LogP contribution in [0.15, 0.2) is 24.3 Å². The van der Waals surface area contributed by atoms with Crippen LogP contribution in [0, 0.1) is 5.92 Å². The van der Waals surface area contributed by atoms with E-state index in [0.29, 0.717) is 0 Å². The van der Waals surface area contributed by atoms with Gasteiger partial charge in [0.1, 0.15) is 0 Å². The third kappa shape index (κ3) is 4.14. The van der Waals surface area contributed by atoms with Crippen molar-refractivity contribution < 1.29 is 4.79 Å². The van der Waals surface area contributed by atoms with E-state index in [4.69, 9.17) is 11.6 Å². The summed E-state index contributed by atoms with van der Waals surface area (Å²) in [6, 6.07) is 7.79. The third-order valence-corrected chi connectivity index (χ3v) is 4.07. The molecule has 0 aliphatic heterocycles. The Morgan fingerprint density at radius 1 is 1.35 bits per heavy atom. The van der Waals surface area contributed by atoms with Gasteiger partial charge >= 0.3 is 6.03 Å². The van der Waals surface area contributed by atoms with Crippen molar-refractivity contribution in [2.24, 2.45) is 5.92 Å². The minimum absolute atomic E-state index is 0.0428. The van der Waals surface area contributed by atoms with Crippen molar-refractivity contribution in [2.75, 3.05) is 13.1 Å². The fraction of sp³-hybridized carbons (Fsp3) is 0.562. The first-order valence-electron chi connectivity index (χ1n) is 7.45. The zero-order chi connectivity index (χ0) is 14.5. The number of halogens is 1. The maximum Gasteiger partial charge on any atom is 0.317 e. The number of amides is 2. The lowest BCUT2D eigenvalue weighted by Gasteiger charge is -2.25. The summed E-state index contributed by atoms with van der Waals surface area (Å²) in [4.78, 5) is 14.2. The molecule has 1 fully saturated rings. The van der Waals surface area contributed by atoms with Crippen LogP contribution < -0.4 is 5.32 Å². The van der Waals surface area contributed by atoms with Gasteiger partial charge in [-0.2, -0.15) is 0 Å². The van der Waals surface area contributed by atoms with Gasteiger partial charge in [0.25, 0.3) is 0 Å². The molecule has 1 aromatic rings. The molecule has 0 saturated heterocycles. The monoisotopic (exact) mass is 294 g/mol. The molecule has 0 aromatic heterocycles. The number of carbonyl (C=O) groups excluding carboxylic acids is 1. The number of nitrogens with one attached hydrogen (secondary N) is 1. The lowest BCUT2D eigenvalue weighted by molar-refractivity contribution is 0.193. The number of hydrogen-bond donors (Lipinski definition) is 1. The average Bonchev–Trinajstić information content (AvgIpc) is 3.27. The quantitative estimate of drug-likeness (QED) is 0.836. The van der Waals surface area contributed by atoms with Crippen molar-refractivity contribution in [3.8, 4) is 0 Å². The second-order valence-corrected chi connectivity index (χ2v) is 5.88. The lowest BCUT2D eigenvalue weighted by atomic mass is 10.1. The molecule has 2 amide bonds. The van der Waals surface area contributed by atoms with E-state index < -0.39 is 0 Å². The minimum Gasteiger partial charge on any atom is -0.331 e. The first-order chi connectivity index (χ1) is 9.63. The Morgan fingerprint density at radius 3 is 2.50 bits per heavy atom.